The highest BCUT2D eigenvalue weighted by atomic mass is 16.1. The molecule has 21 heavy (non-hydrogen) atoms. The van der Waals surface area contributed by atoms with Gasteiger partial charge in [0.15, 0.2) is 0 Å². The number of hydrogen-bond donors (Lipinski definition) is 1. The van der Waals surface area contributed by atoms with Crippen LogP contribution in [0.25, 0.3) is 10.9 Å². The third kappa shape index (κ3) is 2.81. The molecule has 1 amide bonds. The Morgan fingerprint density at radius 2 is 2.24 bits per heavy atom. The van der Waals surface area contributed by atoms with E-state index in [-0.39, 0.29) is 5.91 Å². The molecule has 1 atom stereocenters. The lowest BCUT2D eigenvalue weighted by Gasteiger charge is -2.22. The molecule has 112 valence electrons. The van der Waals surface area contributed by atoms with Gasteiger partial charge >= 0.3 is 0 Å². The summed E-state index contributed by atoms with van der Waals surface area (Å²) >= 11 is 0. The number of benzene rings is 1. The number of likely N-dealkylation sites (tertiary alicyclic amines) is 1. The molecule has 2 heterocycles. The fourth-order valence-electron chi connectivity index (χ4n) is 3.26. The molecule has 0 aliphatic carbocycles. The Balaban J connectivity index is 1.67. The van der Waals surface area contributed by atoms with Crippen LogP contribution in [-0.2, 0) is 7.05 Å². The van der Waals surface area contributed by atoms with Gasteiger partial charge in [-0.1, -0.05) is 13.0 Å². The van der Waals surface area contributed by atoms with Crippen LogP contribution in [0.15, 0.2) is 30.5 Å². The normalized spacial score (nSPS) is 19.2. The summed E-state index contributed by atoms with van der Waals surface area (Å²) in [6, 6.07) is 8.45. The average molecular weight is 285 g/mol. The Morgan fingerprint density at radius 1 is 1.38 bits per heavy atom. The van der Waals surface area contributed by atoms with E-state index in [2.05, 4.69) is 23.2 Å². The molecule has 1 aliphatic rings. The van der Waals surface area contributed by atoms with Crippen molar-refractivity contribution in [1.29, 1.82) is 0 Å². The van der Waals surface area contributed by atoms with Gasteiger partial charge in [0, 0.05) is 36.9 Å². The van der Waals surface area contributed by atoms with Crippen LogP contribution in [0.4, 0.5) is 0 Å². The smallest absolute Gasteiger partial charge is 0.251 e. The Morgan fingerprint density at radius 3 is 3.05 bits per heavy atom. The van der Waals surface area contributed by atoms with Crippen molar-refractivity contribution in [2.45, 2.75) is 25.8 Å². The molecule has 0 bridgehead atoms. The Hall–Kier alpha value is -1.81. The van der Waals surface area contributed by atoms with Crippen molar-refractivity contribution in [3.05, 3.63) is 36.0 Å². The number of carbonyl (C=O) groups is 1. The second kappa shape index (κ2) is 5.90. The van der Waals surface area contributed by atoms with Gasteiger partial charge in [0.2, 0.25) is 0 Å². The number of amides is 1. The quantitative estimate of drug-likeness (QED) is 0.936. The molecule has 1 fully saturated rings. The van der Waals surface area contributed by atoms with E-state index in [4.69, 9.17) is 0 Å². The monoisotopic (exact) mass is 285 g/mol. The summed E-state index contributed by atoms with van der Waals surface area (Å²) in [5.74, 6) is 0.0288. The van der Waals surface area contributed by atoms with E-state index in [1.165, 1.54) is 18.2 Å². The van der Waals surface area contributed by atoms with Gasteiger partial charge in [0.05, 0.1) is 0 Å². The molecule has 1 aliphatic heterocycles. The number of fused-ring (bicyclic) bond motifs is 1. The predicted molar refractivity (Wildman–Crippen MR) is 85.5 cm³/mol. The average Bonchev–Trinajstić information content (AvgIpc) is 3.11. The van der Waals surface area contributed by atoms with Crippen molar-refractivity contribution in [3.8, 4) is 0 Å². The van der Waals surface area contributed by atoms with Gasteiger partial charge in [-0.25, -0.2) is 0 Å². The number of aromatic nitrogens is 1. The molecule has 4 nitrogen and oxygen atoms in total. The lowest BCUT2D eigenvalue weighted by molar-refractivity contribution is 0.0941. The maximum absolute atomic E-state index is 12.3. The number of hydrogen-bond acceptors (Lipinski definition) is 2. The van der Waals surface area contributed by atoms with E-state index in [1.54, 1.807) is 0 Å². The maximum Gasteiger partial charge on any atom is 0.251 e. The Labute approximate surface area is 125 Å². The van der Waals surface area contributed by atoms with Gasteiger partial charge in [0.25, 0.3) is 5.91 Å². The summed E-state index contributed by atoms with van der Waals surface area (Å²) in [5.41, 5.74) is 1.84. The summed E-state index contributed by atoms with van der Waals surface area (Å²) < 4.78 is 2.04. The van der Waals surface area contributed by atoms with E-state index >= 15 is 0 Å². The molecule has 1 aromatic carbocycles. The van der Waals surface area contributed by atoms with Crippen molar-refractivity contribution in [2.24, 2.45) is 7.05 Å². The SMILES string of the molecule is CCN1CCCC1CNC(=O)c1ccc2ccn(C)c2c1. The minimum absolute atomic E-state index is 0.0288. The molecule has 2 aromatic rings. The largest absolute Gasteiger partial charge is 0.351 e. The number of likely N-dealkylation sites (N-methyl/N-ethyl adjacent to an activating group) is 1. The van der Waals surface area contributed by atoms with Crippen molar-refractivity contribution in [2.75, 3.05) is 19.6 Å². The molecular weight excluding hydrogens is 262 g/mol. The molecule has 0 radical (unpaired) electrons. The second-order valence-corrected chi connectivity index (χ2v) is 5.83. The van der Waals surface area contributed by atoms with Crippen LogP contribution < -0.4 is 5.32 Å². The molecule has 4 heteroatoms. The van der Waals surface area contributed by atoms with E-state index in [1.807, 2.05) is 36.0 Å². The minimum Gasteiger partial charge on any atom is -0.351 e. The fourth-order valence-corrected chi connectivity index (χ4v) is 3.26. The summed E-state index contributed by atoms with van der Waals surface area (Å²) in [4.78, 5) is 14.8. The van der Waals surface area contributed by atoms with Gasteiger partial charge in [-0.15, -0.1) is 0 Å². The summed E-state index contributed by atoms with van der Waals surface area (Å²) in [6.07, 6.45) is 4.44. The molecule has 0 spiro atoms. The van der Waals surface area contributed by atoms with Gasteiger partial charge in [-0.05, 0) is 49.5 Å². The first-order valence-corrected chi connectivity index (χ1v) is 7.76. The standard InChI is InChI=1S/C17H23N3O/c1-3-20-9-4-5-15(20)12-18-17(21)14-7-6-13-8-10-19(2)16(13)11-14/h6-8,10-11,15H,3-5,9,12H2,1-2H3,(H,18,21). The molecule has 1 unspecified atom stereocenters. The lowest BCUT2D eigenvalue weighted by Crippen LogP contribution is -2.40. The Bertz CT molecular complexity index is 647. The highest BCUT2D eigenvalue weighted by molar-refractivity contribution is 5.98. The third-order valence-electron chi connectivity index (χ3n) is 4.55. The number of rotatable bonds is 4. The number of nitrogens with zero attached hydrogens (tertiary/aromatic N) is 2. The number of carbonyl (C=O) groups excluding carboxylic acids is 1. The first kappa shape index (κ1) is 14.1. The zero-order valence-corrected chi connectivity index (χ0v) is 12.8. The fraction of sp³-hybridized carbons (Fsp3) is 0.471. The summed E-state index contributed by atoms with van der Waals surface area (Å²) in [6.45, 7) is 5.16. The van der Waals surface area contributed by atoms with Crippen LogP contribution in [0, 0.1) is 0 Å². The first-order valence-electron chi connectivity index (χ1n) is 7.76. The first-order chi connectivity index (χ1) is 10.2. The topological polar surface area (TPSA) is 37.3 Å². The van der Waals surface area contributed by atoms with E-state index in [0.717, 1.165) is 30.7 Å². The zero-order chi connectivity index (χ0) is 14.8. The van der Waals surface area contributed by atoms with E-state index in [9.17, 15) is 4.79 Å². The van der Waals surface area contributed by atoms with Gasteiger partial charge < -0.3 is 9.88 Å². The third-order valence-corrected chi connectivity index (χ3v) is 4.55. The maximum atomic E-state index is 12.3. The summed E-state index contributed by atoms with van der Waals surface area (Å²) in [7, 11) is 2.00. The van der Waals surface area contributed by atoms with Crippen LogP contribution in [0.1, 0.15) is 30.1 Å². The van der Waals surface area contributed by atoms with Crippen molar-refractivity contribution in [3.63, 3.8) is 0 Å². The summed E-state index contributed by atoms with van der Waals surface area (Å²) in [5, 5.41) is 4.26. The Kier molecular flexibility index (Phi) is 3.97. The van der Waals surface area contributed by atoms with Crippen LogP contribution in [0.5, 0.6) is 0 Å². The van der Waals surface area contributed by atoms with Crippen LogP contribution >= 0.6 is 0 Å². The lowest BCUT2D eigenvalue weighted by atomic mass is 10.1. The number of nitrogens with one attached hydrogen (secondary N) is 1. The van der Waals surface area contributed by atoms with Crippen LogP contribution in [0.3, 0.4) is 0 Å². The highest BCUT2D eigenvalue weighted by Gasteiger charge is 2.23. The number of aryl methyl sites for hydroxylation is 1. The van der Waals surface area contributed by atoms with Crippen molar-refractivity contribution < 1.29 is 4.79 Å². The molecular formula is C17H23N3O. The van der Waals surface area contributed by atoms with Crippen LogP contribution in [0.2, 0.25) is 0 Å². The predicted octanol–water partition coefficient (Wildman–Crippen LogP) is 2.39. The van der Waals surface area contributed by atoms with Crippen LogP contribution in [-0.4, -0.2) is 41.1 Å². The van der Waals surface area contributed by atoms with Gasteiger partial charge in [0.1, 0.15) is 0 Å². The second-order valence-electron chi connectivity index (χ2n) is 5.83. The van der Waals surface area contributed by atoms with E-state index < -0.39 is 0 Å². The van der Waals surface area contributed by atoms with Crippen molar-refractivity contribution in [1.82, 2.24) is 14.8 Å². The zero-order valence-electron chi connectivity index (χ0n) is 12.8. The minimum atomic E-state index is 0.0288. The molecule has 1 N–H and O–H groups in total. The highest BCUT2D eigenvalue weighted by Crippen LogP contribution is 2.18. The molecule has 1 aromatic heterocycles. The molecule has 3 rings (SSSR count). The van der Waals surface area contributed by atoms with Gasteiger partial charge in [-0.2, -0.15) is 0 Å². The van der Waals surface area contributed by atoms with E-state index in [0.29, 0.717) is 6.04 Å². The molecule has 0 saturated carbocycles. The molecule has 1 saturated heterocycles. The van der Waals surface area contributed by atoms with Crippen molar-refractivity contribution >= 4 is 16.8 Å². The van der Waals surface area contributed by atoms with Gasteiger partial charge in [-0.3, -0.25) is 9.69 Å².